The minimum Gasteiger partial charge on any atom is -0.465 e. The first-order valence-corrected chi connectivity index (χ1v) is 7.80. The molecule has 3 heterocycles. The largest absolute Gasteiger partial charge is 0.465 e. The van der Waals surface area contributed by atoms with Crippen LogP contribution in [0.5, 0.6) is 0 Å². The zero-order valence-electron chi connectivity index (χ0n) is 12.3. The summed E-state index contributed by atoms with van der Waals surface area (Å²) in [6.07, 6.45) is 1.38. The fourth-order valence-electron chi connectivity index (χ4n) is 2.30. The van der Waals surface area contributed by atoms with Crippen LogP contribution in [0.2, 0.25) is 0 Å². The van der Waals surface area contributed by atoms with E-state index in [9.17, 15) is 9.59 Å². The minimum atomic E-state index is -0.490. The van der Waals surface area contributed by atoms with Gasteiger partial charge >= 0.3 is 12.0 Å². The Balaban J connectivity index is 1.76. The molecule has 3 rings (SSSR count). The first-order valence-electron chi connectivity index (χ1n) is 6.86. The minimum absolute atomic E-state index is 0.329. The van der Waals surface area contributed by atoms with Crippen LogP contribution in [-0.2, 0) is 9.47 Å². The number of aromatic amines is 1. The molecule has 0 spiro atoms. The molecule has 2 aromatic heterocycles. The summed E-state index contributed by atoms with van der Waals surface area (Å²) in [6.45, 7) is 1.18. The number of esters is 1. The average Bonchev–Trinajstić information content (AvgIpc) is 3.25. The molecular weight excluding hydrogens is 322 g/mol. The first kappa shape index (κ1) is 15.4. The van der Waals surface area contributed by atoms with E-state index in [-0.39, 0.29) is 12.1 Å². The van der Waals surface area contributed by atoms with Gasteiger partial charge in [0.05, 0.1) is 31.6 Å². The number of urea groups is 1. The molecule has 2 amide bonds. The van der Waals surface area contributed by atoms with Gasteiger partial charge in [0.15, 0.2) is 0 Å². The van der Waals surface area contributed by atoms with E-state index >= 15 is 0 Å². The van der Waals surface area contributed by atoms with Gasteiger partial charge in [-0.1, -0.05) is 0 Å². The molecule has 10 heteroatoms. The quantitative estimate of drug-likeness (QED) is 0.816. The molecule has 122 valence electrons. The maximum Gasteiger partial charge on any atom is 0.340 e. The number of hydrogen-bond donors (Lipinski definition) is 2. The third-order valence-electron chi connectivity index (χ3n) is 3.45. The lowest BCUT2D eigenvalue weighted by Gasteiger charge is -2.34. The molecule has 23 heavy (non-hydrogen) atoms. The van der Waals surface area contributed by atoms with Crippen molar-refractivity contribution >= 4 is 29.0 Å². The van der Waals surface area contributed by atoms with E-state index in [1.807, 2.05) is 0 Å². The highest BCUT2D eigenvalue weighted by Gasteiger charge is 2.31. The van der Waals surface area contributed by atoms with E-state index in [4.69, 9.17) is 9.47 Å². The summed E-state index contributed by atoms with van der Waals surface area (Å²) in [5.74, 6) is 0.0636. The third-order valence-corrected chi connectivity index (χ3v) is 4.19. The number of nitrogens with one attached hydrogen (secondary N) is 2. The van der Waals surface area contributed by atoms with Gasteiger partial charge in [-0.3, -0.25) is 5.10 Å². The van der Waals surface area contributed by atoms with Crippen LogP contribution in [0.3, 0.4) is 0 Å². The molecule has 1 unspecified atom stereocenters. The van der Waals surface area contributed by atoms with E-state index in [0.29, 0.717) is 36.8 Å². The normalized spacial score (nSPS) is 17.8. The number of methoxy groups -OCH3 is 1. The van der Waals surface area contributed by atoms with Crippen LogP contribution < -0.4 is 5.32 Å². The summed E-state index contributed by atoms with van der Waals surface area (Å²) < 4.78 is 10.1. The fraction of sp³-hybridized carbons (Fsp3) is 0.385. The molecular formula is C13H15N5O4S. The number of ether oxygens (including phenoxy) is 2. The van der Waals surface area contributed by atoms with Crippen molar-refractivity contribution in [3.63, 3.8) is 0 Å². The molecule has 1 aliphatic rings. The number of nitrogens with zero attached hydrogens (tertiary/aromatic N) is 3. The van der Waals surface area contributed by atoms with E-state index in [1.165, 1.54) is 24.8 Å². The SMILES string of the molecule is COC(=O)c1cscc1NC(=O)N1CCOCC1c1ncn[nH]1. The number of anilines is 1. The van der Waals surface area contributed by atoms with Crippen molar-refractivity contribution in [2.75, 3.05) is 32.2 Å². The summed E-state index contributed by atoms with van der Waals surface area (Å²) in [7, 11) is 1.30. The Kier molecular flexibility index (Phi) is 4.53. The molecule has 0 saturated carbocycles. The zero-order chi connectivity index (χ0) is 16.2. The summed E-state index contributed by atoms with van der Waals surface area (Å²) >= 11 is 1.31. The van der Waals surface area contributed by atoms with Crippen molar-refractivity contribution < 1.29 is 19.1 Å². The van der Waals surface area contributed by atoms with Crippen LogP contribution in [0, 0.1) is 0 Å². The Bertz CT molecular complexity index is 686. The summed E-state index contributed by atoms with van der Waals surface area (Å²) in [6, 6.07) is -0.690. The number of carbonyl (C=O) groups excluding carboxylic acids is 2. The van der Waals surface area contributed by atoms with Crippen LogP contribution in [0.25, 0.3) is 0 Å². The van der Waals surface area contributed by atoms with E-state index in [0.717, 1.165) is 0 Å². The highest BCUT2D eigenvalue weighted by molar-refractivity contribution is 7.08. The van der Waals surface area contributed by atoms with E-state index in [2.05, 4.69) is 20.5 Å². The summed E-state index contributed by atoms with van der Waals surface area (Å²) in [5.41, 5.74) is 0.755. The Morgan fingerprint density at radius 1 is 1.52 bits per heavy atom. The van der Waals surface area contributed by atoms with Gasteiger partial charge in [0, 0.05) is 17.3 Å². The lowest BCUT2D eigenvalue weighted by molar-refractivity contribution is 0.0118. The summed E-state index contributed by atoms with van der Waals surface area (Å²) in [4.78, 5) is 30.0. The molecule has 1 aliphatic heterocycles. The van der Waals surface area contributed by atoms with Crippen molar-refractivity contribution in [3.05, 3.63) is 28.5 Å². The van der Waals surface area contributed by atoms with Gasteiger partial charge in [-0.15, -0.1) is 11.3 Å². The molecule has 1 atom stereocenters. The number of thiophene rings is 1. The first-order chi connectivity index (χ1) is 11.2. The van der Waals surface area contributed by atoms with Crippen molar-refractivity contribution in [2.24, 2.45) is 0 Å². The van der Waals surface area contributed by atoms with Gasteiger partial charge in [0.2, 0.25) is 0 Å². The van der Waals surface area contributed by atoms with Gasteiger partial charge in [0.1, 0.15) is 18.2 Å². The van der Waals surface area contributed by atoms with Gasteiger partial charge in [-0.05, 0) is 0 Å². The maximum absolute atomic E-state index is 12.6. The highest BCUT2D eigenvalue weighted by atomic mass is 32.1. The maximum atomic E-state index is 12.6. The lowest BCUT2D eigenvalue weighted by atomic mass is 10.2. The van der Waals surface area contributed by atoms with Crippen molar-refractivity contribution in [2.45, 2.75) is 6.04 Å². The smallest absolute Gasteiger partial charge is 0.340 e. The Morgan fingerprint density at radius 2 is 2.39 bits per heavy atom. The average molecular weight is 337 g/mol. The van der Waals surface area contributed by atoms with Gasteiger partial charge in [0.25, 0.3) is 0 Å². The molecule has 0 bridgehead atoms. The molecule has 1 saturated heterocycles. The second-order valence-electron chi connectivity index (χ2n) is 4.78. The molecule has 2 aromatic rings. The molecule has 0 aromatic carbocycles. The van der Waals surface area contributed by atoms with Gasteiger partial charge < -0.3 is 19.7 Å². The predicted molar refractivity (Wildman–Crippen MR) is 81.3 cm³/mol. The number of rotatable bonds is 3. The Hall–Kier alpha value is -2.46. The van der Waals surface area contributed by atoms with Crippen molar-refractivity contribution in [1.29, 1.82) is 0 Å². The Morgan fingerprint density at radius 3 is 3.13 bits per heavy atom. The number of hydrogen-bond acceptors (Lipinski definition) is 7. The zero-order valence-corrected chi connectivity index (χ0v) is 13.1. The number of morpholine rings is 1. The lowest BCUT2D eigenvalue weighted by Crippen LogP contribution is -2.46. The fourth-order valence-corrected chi connectivity index (χ4v) is 3.05. The molecule has 9 nitrogen and oxygen atoms in total. The predicted octanol–water partition coefficient (Wildman–Crippen LogP) is 1.26. The second kappa shape index (κ2) is 6.75. The summed E-state index contributed by atoms with van der Waals surface area (Å²) in [5, 5.41) is 12.6. The number of amides is 2. The molecule has 0 aliphatic carbocycles. The van der Waals surface area contributed by atoms with Crippen LogP contribution in [0.4, 0.5) is 10.5 Å². The van der Waals surface area contributed by atoms with Crippen LogP contribution in [-0.4, -0.2) is 58.9 Å². The molecule has 0 radical (unpaired) electrons. The van der Waals surface area contributed by atoms with Crippen LogP contribution >= 0.6 is 11.3 Å². The van der Waals surface area contributed by atoms with Crippen molar-refractivity contribution in [3.8, 4) is 0 Å². The van der Waals surface area contributed by atoms with Gasteiger partial charge in [-0.25, -0.2) is 14.6 Å². The monoisotopic (exact) mass is 337 g/mol. The van der Waals surface area contributed by atoms with Crippen molar-refractivity contribution in [1.82, 2.24) is 20.1 Å². The Labute approximate surface area is 135 Å². The second-order valence-corrected chi connectivity index (χ2v) is 5.52. The van der Waals surface area contributed by atoms with E-state index in [1.54, 1.807) is 15.7 Å². The number of carbonyl (C=O) groups is 2. The van der Waals surface area contributed by atoms with E-state index < -0.39 is 5.97 Å². The van der Waals surface area contributed by atoms with Crippen LogP contribution in [0.1, 0.15) is 22.2 Å². The highest BCUT2D eigenvalue weighted by Crippen LogP contribution is 2.25. The number of H-pyrrole nitrogens is 1. The standard InChI is InChI=1S/C13H15N5O4S/c1-21-12(19)8-5-23-6-9(8)16-13(20)18-2-3-22-4-10(18)11-14-7-15-17-11/h5-7,10H,2-4H2,1H3,(H,16,20)(H,14,15,17). The topological polar surface area (TPSA) is 109 Å². The van der Waals surface area contributed by atoms with Crippen LogP contribution in [0.15, 0.2) is 17.1 Å². The molecule has 2 N–H and O–H groups in total. The third kappa shape index (κ3) is 3.17. The number of aromatic nitrogens is 3. The van der Waals surface area contributed by atoms with Gasteiger partial charge in [-0.2, -0.15) is 5.10 Å². The molecule has 1 fully saturated rings.